The lowest BCUT2D eigenvalue weighted by atomic mass is 10.0. The predicted octanol–water partition coefficient (Wildman–Crippen LogP) is 6.28. The fourth-order valence-corrected chi connectivity index (χ4v) is 5.42. The van der Waals surface area contributed by atoms with E-state index in [1.54, 1.807) is 18.0 Å². The van der Waals surface area contributed by atoms with E-state index in [9.17, 15) is 14.7 Å². The molecule has 0 saturated carbocycles. The van der Waals surface area contributed by atoms with E-state index in [0.717, 1.165) is 34.6 Å². The van der Waals surface area contributed by atoms with Crippen molar-refractivity contribution in [3.05, 3.63) is 89.6 Å². The molecule has 3 aromatic rings. The van der Waals surface area contributed by atoms with Gasteiger partial charge in [-0.3, -0.25) is 9.59 Å². The maximum absolute atomic E-state index is 12.5. The summed E-state index contributed by atoms with van der Waals surface area (Å²) < 4.78 is 12.8. The molecule has 3 atom stereocenters. The number of ether oxygens (including phenoxy) is 2. The standard InChI is InChI=1S/C31H36N2O6S/c34-20-22-13-15-23(16-14-22)27-19-26(21-40-29-11-5-6-17-32-29)38-31(39-27)24-8-7-9-25(18-24)33-28(35)10-3-1-2-4-12-30(36)37/h5-9,11,13-18,26-27,31,34H,1-4,10,12,19-21H2,(H,33,35)(H,36,37)/t26-,27+,31+/m0/s1. The third kappa shape index (κ3) is 9.45. The third-order valence-electron chi connectivity index (χ3n) is 6.66. The van der Waals surface area contributed by atoms with E-state index < -0.39 is 12.3 Å². The molecule has 1 aromatic heterocycles. The van der Waals surface area contributed by atoms with Crippen molar-refractivity contribution >= 4 is 29.3 Å². The van der Waals surface area contributed by atoms with Crippen LogP contribution in [0.1, 0.15) is 74.0 Å². The summed E-state index contributed by atoms with van der Waals surface area (Å²) in [6, 6.07) is 21.2. The molecule has 8 nitrogen and oxygen atoms in total. The first-order chi connectivity index (χ1) is 19.5. The number of benzene rings is 2. The van der Waals surface area contributed by atoms with Crippen LogP contribution in [0.3, 0.4) is 0 Å². The molecular formula is C31H36N2O6S. The summed E-state index contributed by atoms with van der Waals surface area (Å²) in [6.07, 6.45) is 5.08. The zero-order valence-corrected chi connectivity index (χ0v) is 23.2. The molecule has 9 heteroatoms. The molecule has 2 aromatic carbocycles. The molecule has 2 heterocycles. The number of hydrogen-bond donors (Lipinski definition) is 3. The van der Waals surface area contributed by atoms with Crippen LogP contribution < -0.4 is 5.32 Å². The predicted molar refractivity (Wildman–Crippen MR) is 154 cm³/mol. The van der Waals surface area contributed by atoms with Crippen LogP contribution in [-0.2, 0) is 25.7 Å². The molecule has 0 aliphatic carbocycles. The molecule has 3 N–H and O–H groups in total. The lowest BCUT2D eigenvalue weighted by Gasteiger charge is -2.36. The largest absolute Gasteiger partial charge is 0.481 e. The second kappa shape index (κ2) is 15.5. The Hall–Kier alpha value is -3.24. The van der Waals surface area contributed by atoms with E-state index in [4.69, 9.17) is 14.6 Å². The Morgan fingerprint density at radius 1 is 0.925 bits per heavy atom. The molecule has 0 radical (unpaired) electrons. The van der Waals surface area contributed by atoms with Crippen LogP contribution in [0.5, 0.6) is 0 Å². The molecule has 1 saturated heterocycles. The van der Waals surface area contributed by atoms with E-state index in [0.29, 0.717) is 37.1 Å². The Balaban J connectivity index is 1.39. The molecular weight excluding hydrogens is 528 g/mol. The van der Waals surface area contributed by atoms with Gasteiger partial charge in [0.05, 0.1) is 23.8 Å². The van der Waals surface area contributed by atoms with E-state index in [1.165, 1.54) is 0 Å². The van der Waals surface area contributed by atoms with Gasteiger partial charge in [0.15, 0.2) is 6.29 Å². The Labute approximate surface area is 239 Å². The van der Waals surface area contributed by atoms with Crippen LogP contribution in [0.4, 0.5) is 5.69 Å². The second-order valence-corrected chi connectivity index (χ2v) is 10.9. The third-order valence-corrected chi connectivity index (χ3v) is 7.73. The van der Waals surface area contributed by atoms with Gasteiger partial charge in [0.2, 0.25) is 5.91 Å². The molecule has 212 valence electrons. The van der Waals surface area contributed by atoms with E-state index in [-0.39, 0.29) is 31.1 Å². The van der Waals surface area contributed by atoms with Gasteiger partial charge in [0, 0.05) is 42.5 Å². The lowest BCUT2D eigenvalue weighted by molar-refractivity contribution is -0.245. The Morgan fingerprint density at radius 3 is 2.45 bits per heavy atom. The minimum atomic E-state index is -0.784. The molecule has 0 spiro atoms. The summed E-state index contributed by atoms with van der Waals surface area (Å²) in [4.78, 5) is 27.5. The van der Waals surface area contributed by atoms with Gasteiger partial charge in [-0.2, -0.15) is 0 Å². The van der Waals surface area contributed by atoms with Crippen LogP contribution in [0.2, 0.25) is 0 Å². The number of unbranched alkanes of at least 4 members (excludes halogenated alkanes) is 3. The number of aliphatic hydroxyl groups is 1. The Kier molecular flexibility index (Phi) is 11.5. The van der Waals surface area contributed by atoms with Crippen LogP contribution in [0, 0.1) is 0 Å². The number of anilines is 1. The first-order valence-electron chi connectivity index (χ1n) is 13.7. The van der Waals surface area contributed by atoms with Crippen molar-refractivity contribution in [3.8, 4) is 0 Å². The van der Waals surface area contributed by atoms with Crippen LogP contribution in [-0.4, -0.2) is 38.9 Å². The van der Waals surface area contributed by atoms with Gasteiger partial charge >= 0.3 is 5.97 Å². The highest BCUT2D eigenvalue weighted by Crippen LogP contribution is 2.39. The van der Waals surface area contributed by atoms with Gasteiger partial charge in [-0.1, -0.05) is 55.3 Å². The monoisotopic (exact) mass is 564 g/mol. The molecule has 40 heavy (non-hydrogen) atoms. The maximum Gasteiger partial charge on any atom is 0.303 e. The quantitative estimate of drug-likeness (QED) is 0.155. The van der Waals surface area contributed by atoms with Crippen molar-refractivity contribution in [1.82, 2.24) is 4.98 Å². The molecule has 0 unspecified atom stereocenters. The van der Waals surface area contributed by atoms with E-state index in [2.05, 4.69) is 10.3 Å². The molecule has 1 aliphatic heterocycles. The number of carboxylic acid groups (broad SMARTS) is 1. The number of rotatable bonds is 14. The maximum atomic E-state index is 12.5. The van der Waals surface area contributed by atoms with Crippen molar-refractivity contribution in [2.75, 3.05) is 11.1 Å². The highest BCUT2D eigenvalue weighted by atomic mass is 32.2. The van der Waals surface area contributed by atoms with Gasteiger partial charge in [0.1, 0.15) is 0 Å². The van der Waals surface area contributed by atoms with Gasteiger partial charge < -0.3 is 25.0 Å². The first-order valence-corrected chi connectivity index (χ1v) is 14.6. The molecule has 1 amide bonds. The average molecular weight is 565 g/mol. The highest BCUT2D eigenvalue weighted by molar-refractivity contribution is 7.99. The molecule has 1 aliphatic rings. The zero-order valence-electron chi connectivity index (χ0n) is 22.4. The summed E-state index contributed by atoms with van der Waals surface area (Å²) in [7, 11) is 0. The number of hydrogen-bond acceptors (Lipinski definition) is 7. The van der Waals surface area contributed by atoms with Crippen molar-refractivity contribution in [2.24, 2.45) is 0 Å². The SMILES string of the molecule is O=C(O)CCCCCCC(=O)Nc1cccc([C@@H]2O[C@H](CSc3ccccn3)C[C@H](c3ccc(CO)cc3)O2)c1. The summed E-state index contributed by atoms with van der Waals surface area (Å²) in [5.74, 6) is -0.148. The van der Waals surface area contributed by atoms with Gasteiger partial charge in [-0.25, -0.2) is 4.98 Å². The zero-order chi connectivity index (χ0) is 28.2. The van der Waals surface area contributed by atoms with Crippen molar-refractivity contribution in [1.29, 1.82) is 0 Å². The van der Waals surface area contributed by atoms with Crippen LogP contribution in [0.15, 0.2) is 78.0 Å². The van der Waals surface area contributed by atoms with Gasteiger partial charge in [0.25, 0.3) is 0 Å². The lowest BCUT2D eigenvalue weighted by Crippen LogP contribution is -2.31. The van der Waals surface area contributed by atoms with Gasteiger partial charge in [-0.15, -0.1) is 11.8 Å². The number of carbonyl (C=O) groups is 2. The highest BCUT2D eigenvalue weighted by Gasteiger charge is 2.32. The summed E-state index contributed by atoms with van der Waals surface area (Å²) in [6.45, 7) is -0.00981. The normalized spacial score (nSPS) is 18.8. The Morgan fingerprint density at radius 2 is 1.73 bits per heavy atom. The van der Waals surface area contributed by atoms with E-state index >= 15 is 0 Å². The summed E-state index contributed by atoms with van der Waals surface area (Å²) in [5.41, 5.74) is 3.36. The van der Waals surface area contributed by atoms with Crippen molar-refractivity contribution in [2.45, 2.75) is 75.1 Å². The van der Waals surface area contributed by atoms with Crippen molar-refractivity contribution in [3.63, 3.8) is 0 Å². The number of carbonyl (C=O) groups excluding carboxylic acids is 1. The summed E-state index contributed by atoms with van der Waals surface area (Å²) in [5, 5.41) is 22.1. The number of thioether (sulfide) groups is 1. The number of aliphatic hydroxyl groups excluding tert-OH is 1. The molecule has 1 fully saturated rings. The van der Waals surface area contributed by atoms with Crippen LogP contribution in [0.25, 0.3) is 0 Å². The molecule has 0 bridgehead atoms. The smallest absolute Gasteiger partial charge is 0.303 e. The number of nitrogens with one attached hydrogen (secondary N) is 1. The topological polar surface area (TPSA) is 118 Å². The first kappa shape index (κ1) is 29.7. The van der Waals surface area contributed by atoms with Gasteiger partial charge in [-0.05, 0) is 48.2 Å². The fourth-order valence-electron chi connectivity index (χ4n) is 4.54. The number of pyridine rings is 1. The number of amides is 1. The number of nitrogens with zero attached hydrogens (tertiary/aromatic N) is 1. The average Bonchev–Trinajstić information content (AvgIpc) is 2.98. The van der Waals surface area contributed by atoms with Crippen LogP contribution >= 0.6 is 11.8 Å². The molecule has 4 rings (SSSR count). The number of aromatic nitrogens is 1. The number of aliphatic carboxylic acids is 1. The summed E-state index contributed by atoms with van der Waals surface area (Å²) >= 11 is 1.64. The second-order valence-electron chi connectivity index (χ2n) is 9.81. The Bertz CT molecular complexity index is 1220. The fraction of sp³-hybridized carbons (Fsp3) is 0.387. The van der Waals surface area contributed by atoms with E-state index in [1.807, 2.05) is 66.7 Å². The van der Waals surface area contributed by atoms with Crippen molar-refractivity contribution < 1.29 is 29.3 Å². The minimum absolute atomic E-state index is 0.00981. The minimum Gasteiger partial charge on any atom is -0.481 e. The number of carboxylic acids is 1.